The predicted octanol–water partition coefficient (Wildman–Crippen LogP) is 3.69. The molecule has 0 aliphatic carbocycles. The number of benzene rings is 1. The van der Waals surface area contributed by atoms with Gasteiger partial charge in [-0.15, -0.1) is 24.0 Å². The minimum Gasteiger partial charge on any atom is -0.370 e. The zero-order valence-electron chi connectivity index (χ0n) is 18.7. The Hall–Kier alpha value is -2.62. The molecular formula is C23H32IN7. The normalized spacial score (nSPS) is 11.0. The lowest BCUT2D eigenvalue weighted by molar-refractivity contribution is 0.749. The number of rotatable bonds is 8. The maximum absolute atomic E-state index is 4.54. The van der Waals surface area contributed by atoms with E-state index in [1.54, 1.807) is 13.2 Å². The maximum atomic E-state index is 4.54. The van der Waals surface area contributed by atoms with Crippen LogP contribution in [-0.4, -0.2) is 47.2 Å². The van der Waals surface area contributed by atoms with E-state index >= 15 is 0 Å². The second-order valence-electron chi connectivity index (χ2n) is 7.14. The van der Waals surface area contributed by atoms with E-state index in [1.165, 1.54) is 11.3 Å². The molecule has 0 fully saturated rings. The van der Waals surface area contributed by atoms with Gasteiger partial charge < -0.3 is 15.5 Å². The minimum absolute atomic E-state index is 0. The van der Waals surface area contributed by atoms with Crippen molar-refractivity contribution in [3.63, 3.8) is 0 Å². The van der Waals surface area contributed by atoms with Gasteiger partial charge in [0.1, 0.15) is 11.6 Å². The van der Waals surface area contributed by atoms with E-state index in [9.17, 15) is 0 Å². The smallest absolute Gasteiger partial charge is 0.191 e. The third-order valence-electron chi connectivity index (χ3n) is 4.99. The van der Waals surface area contributed by atoms with Crippen LogP contribution < -0.4 is 15.5 Å². The molecule has 0 unspecified atom stereocenters. The van der Waals surface area contributed by atoms with Crippen molar-refractivity contribution in [1.82, 2.24) is 25.2 Å². The van der Waals surface area contributed by atoms with Crippen LogP contribution in [0.5, 0.6) is 0 Å². The van der Waals surface area contributed by atoms with Gasteiger partial charge in [-0.3, -0.25) is 9.56 Å². The van der Waals surface area contributed by atoms with Crippen LogP contribution in [0.4, 0.5) is 5.69 Å². The molecule has 0 amide bonds. The molecule has 166 valence electrons. The molecule has 31 heavy (non-hydrogen) atoms. The first-order valence-electron chi connectivity index (χ1n) is 10.3. The van der Waals surface area contributed by atoms with Crippen LogP contribution in [0.25, 0.3) is 5.82 Å². The summed E-state index contributed by atoms with van der Waals surface area (Å²) < 4.78 is 1.96. The van der Waals surface area contributed by atoms with Gasteiger partial charge in [0.15, 0.2) is 5.96 Å². The number of hydrogen-bond donors (Lipinski definition) is 2. The van der Waals surface area contributed by atoms with Gasteiger partial charge in [-0.2, -0.15) is 0 Å². The van der Waals surface area contributed by atoms with Gasteiger partial charge in [0.2, 0.25) is 0 Å². The summed E-state index contributed by atoms with van der Waals surface area (Å²) in [5, 5.41) is 6.75. The predicted molar refractivity (Wildman–Crippen MR) is 139 cm³/mol. The lowest BCUT2D eigenvalue weighted by atomic mass is 10.2. The lowest BCUT2D eigenvalue weighted by Gasteiger charge is -2.24. The molecule has 8 heteroatoms. The molecule has 0 atom stereocenters. The topological polar surface area (TPSA) is 70.4 Å². The van der Waals surface area contributed by atoms with Crippen molar-refractivity contribution in [2.24, 2.45) is 4.99 Å². The van der Waals surface area contributed by atoms with Crippen molar-refractivity contribution >= 4 is 35.6 Å². The number of anilines is 1. The first-order chi connectivity index (χ1) is 14.6. The number of guanidine groups is 1. The first kappa shape index (κ1) is 24.6. The van der Waals surface area contributed by atoms with Crippen LogP contribution >= 0.6 is 24.0 Å². The van der Waals surface area contributed by atoms with Crippen molar-refractivity contribution < 1.29 is 0 Å². The van der Waals surface area contributed by atoms with Gasteiger partial charge in [0.25, 0.3) is 0 Å². The molecule has 2 heterocycles. The Kier molecular flexibility index (Phi) is 9.77. The summed E-state index contributed by atoms with van der Waals surface area (Å²) in [6, 6.07) is 12.7. The number of halogens is 1. The summed E-state index contributed by atoms with van der Waals surface area (Å²) >= 11 is 0. The highest BCUT2D eigenvalue weighted by atomic mass is 127. The summed E-state index contributed by atoms with van der Waals surface area (Å²) in [5.41, 5.74) is 3.62. The fourth-order valence-corrected chi connectivity index (χ4v) is 3.29. The van der Waals surface area contributed by atoms with Gasteiger partial charge in [0, 0.05) is 57.5 Å². The Balaban J connectivity index is 0.00000341. The van der Waals surface area contributed by atoms with Gasteiger partial charge in [-0.05, 0) is 50.1 Å². The van der Waals surface area contributed by atoms with Gasteiger partial charge >= 0.3 is 0 Å². The average molecular weight is 533 g/mol. The van der Waals surface area contributed by atoms with Crippen LogP contribution in [0.1, 0.15) is 23.9 Å². The molecule has 1 aromatic carbocycles. The average Bonchev–Trinajstić information content (AvgIpc) is 3.19. The second-order valence-corrected chi connectivity index (χ2v) is 7.14. The summed E-state index contributed by atoms with van der Waals surface area (Å²) in [5.74, 6) is 2.57. The summed E-state index contributed by atoms with van der Waals surface area (Å²) in [6.45, 7) is 9.60. The van der Waals surface area contributed by atoms with Crippen LogP contribution in [-0.2, 0) is 6.54 Å². The van der Waals surface area contributed by atoms with Gasteiger partial charge in [0.05, 0.1) is 0 Å². The monoisotopic (exact) mass is 533 g/mol. The number of aromatic nitrogens is 3. The number of likely N-dealkylation sites (N-methyl/N-ethyl adjacent to an activating group) is 1. The Morgan fingerprint density at radius 3 is 2.58 bits per heavy atom. The zero-order valence-corrected chi connectivity index (χ0v) is 21.0. The van der Waals surface area contributed by atoms with Crippen molar-refractivity contribution in [2.75, 3.05) is 31.6 Å². The van der Waals surface area contributed by atoms with Crippen molar-refractivity contribution in [3.05, 3.63) is 71.9 Å². The highest BCUT2D eigenvalue weighted by Gasteiger charge is 2.06. The molecule has 0 saturated heterocycles. The fourth-order valence-electron chi connectivity index (χ4n) is 3.29. The molecule has 0 aliphatic rings. The van der Waals surface area contributed by atoms with E-state index in [1.807, 2.05) is 30.0 Å². The van der Waals surface area contributed by atoms with E-state index in [-0.39, 0.29) is 24.0 Å². The maximum Gasteiger partial charge on any atom is 0.191 e. The van der Waals surface area contributed by atoms with E-state index in [4.69, 9.17) is 0 Å². The number of pyridine rings is 1. The second kappa shape index (κ2) is 12.3. The molecule has 0 saturated carbocycles. The number of nitrogens with one attached hydrogen (secondary N) is 2. The number of nitrogens with zero attached hydrogens (tertiary/aromatic N) is 5. The molecule has 2 aromatic heterocycles. The quantitative estimate of drug-likeness (QED) is 0.263. The highest BCUT2D eigenvalue weighted by Crippen LogP contribution is 2.15. The zero-order chi connectivity index (χ0) is 21.3. The van der Waals surface area contributed by atoms with E-state index < -0.39 is 0 Å². The fraction of sp³-hybridized carbons (Fsp3) is 0.348. The van der Waals surface area contributed by atoms with Crippen LogP contribution in [0.15, 0.2) is 60.0 Å². The molecule has 2 N–H and O–H groups in total. The van der Waals surface area contributed by atoms with Gasteiger partial charge in [-0.1, -0.05) is 18.2 Å². The van der Waals surface area contributed by atoms with Crippen LogP contribution in [0.3, 0.4) is 0 Å². The summed E-state index contributed by atoms with van der Waals surface area (Å²) in [7, 11) is 1.79. The largest absolute Gasteiger partial charge is 0.370 e. The lowest BCUT2D eigenvalue weighted by Crippen LogP contribution is -2.41. The Morgan fingerprint density at radius 1 is 1.13 bits per heavy atom. The SMILES string of the molecule is CCN(CCNC(=NC)NCc1ccc(-n2ccnc2C)nc1)c1cccc(C)c1.I. The molecule has 0 bridgehead atoms. The number of imidazole rings is 1. The number of hydrogen-bond acceptors (Lipinski definition) is 4. The van der Waals surface area contributed by atoms with Crippen molar-refractivity contribution in [1.29, 1.82) is 0 Å². The Morgan fingerprint density at radius 2 is 1.97 bits per heavy atom. The molecule has 3 rings (SSSR count). The van der Waals surface area contributed by atoms with Gasteiger partial charge in [-0.25, -0.2) is 9.97 Å². The van der Waals surface area contributed by atoms with Crippen molar-refractivity contribution in [2.45, 2.75) is 27.3 Å². The first-order valence-corrected chi connectivity index (χ1v) is 10.3. The van der Waals surface area contributed by atoms with E-state index in [0.717, 1.165) is 42.8 Å². The number of aryl methyl sites for hydroxylation is 2. The Bertz CT molecular complexity index is 966. The van der Waals surface area contributed by atoms with E-state index in [2.05, 4.69) is 74.7 Å². The molecule has 0 aliphatic heterocycles. The molecule has 0 radical (unpaired) electrons. The molecular weight excluding hydrogens is 501 g/mol. The third kappa shape index (κ3) is 6.95. The highest BCUT2D eigenvalue weighted by molar-refractivity contribution is 14.0. The van der Waals surface area contributed by atoms with Crippen LogP contribution in [0.2, 0.25) is 0 Å². The summed E-state index contributed by atoms with van der Waals surface area (Å²) in [6.07, 6.45) is 5.57. The molecule has 0 spiro atoms. The van der Waals surface area contributed by atoms with E-state index in [0.29, 0.717) is 6.54 Å². The third-order valence-corrected chi connectivity index (χ3v) is 4.99. The standard InChI is InChI=1S/C23H31N7.HI/c1-5-29(21-8-6-7-18(2)15-21)13-11-26-23(24-4)28-17-20-9-10-22(27-16-20)30-14-12-25-19(30)3;/h6-10,12,14-16H,5,11,13,17H2,1-4H3,(H2,24,26,28);1H. The Labute approximate surface area is 202 Å². The van der Waals surface area contributed by atoms with Crippen molar-refractivity contribution in [3.8, 4) is 5.82 Å². The summed E-state index contributed by atoms with van der Waals surface area (Å²) in [4.78, 5) is 15.5. The minimum atomic E-state index is 0. The van der Waals surface area contributed by atoms with Crippen LogP contribution in [0, 0.1) is 13.8 Å². The molecule has 7 nitrogen and oxygen atoms in total. The molecule has 3 aromatic rings. The number of aliphatic imine (C=N–C) groups is 1.